The Bertz CT molecular complexity index is 610. The smallest absolute Gasteiger partial charge is 0.235 e. The summed E-state index contributed by atoms with van der Waals surface area (Å²) in [6.07, 6.45) is 3.85. The van der Waals surface area contributed by atoms with E-state index >= 15 is 0 Å². The van der Waals surface area contributed by atoms with Crippen LogP contribution in [0.2, 0.25) is 0 Å². The standard InChI is InChI=1S/C13H17FN2O3S/c14-9-5-6-12(11(15)7-9)20(18,19)8-13(17)16-10-3-1-2-4-10/h5-7,10H,1-4,8,15H2,(H,16,17). The van der Waals surface area contributed by atoms with Crippen LogP contribution in [0.1, 0.15) is 25.7 Å². The number of benzene rings is 1. The molecule has 0 unspecified atom stereocenters. The van der Waals surface area contributed by atoms with E-state index in [0.29, 0.717) is 0 Å². The van der Waals surface area contributed by atoms with Crippen molar-refractivity contribution in [3.8, 4) is 0 Å². The van der Waals surface area contributed by atoms with Gasteiger partial charge in [0.25, 0.3) is 0 Å². The molecule has 0 saturated heterocycles. The van der Waals surface area contributed by atoms with E-state index in [1.165, 1.54) is 0 Å². The Morgan fingerprint density at radius 3 is 2.60 bits per heavy atom. The fourth-order valence-corrected chi connectivity index (χ4v) is 3.67. The van der Waals surface area contributed by atoms with Gasteiger partial charge < -0.3 is 11.1 Å². The number of nitrogens with two attached hydrogens (primary N) is 1. The normalized spacial score (nSPS) is 16.2. The number of anilines is 1. The fraction of sp³-hybridized carbons (Fsp3) is 0.462. The zero-order valence-electron chi connectivity index (χ0n) is 10.9. The van der Waals surface area contributed by atoms with Gasteiger partial charge in [-0.25, -0.2) is 12.8 Å². The number of carbonyl (C=O) groups excluding carboxylic acids is 1. The highest BCUT2D eigenvalue weighted by Gasteiger charge is 2.24. The third-order valence-corrected chi connectivity index (χ3v) is 5.03. The quantitative estimate of drug-likeness (QED) is 0.647. The number of halogens is 1. The summed E-state index contributed by atoms with van der Waals surface area (Å²) in [6, 6.07) is 3.09. The SMILES string of the molecule is Nc1cc(F)ccc1S(=O)(=O)CC(=O)NC1CCCC1. The summed E-state index contributed by atoms with van der Waals surface area (Å²) in [4.78, 5) is 11.6. The average molecular weight is 300 g/mol. The monoisotopic (exact) mass is 300 g/mol. The Morgan fingerprint density at radius 2 is 2.00 bits per heavy atom. The Balaban J connectivity index is 2.08. The minimum atomic E-state index is -3.85. The first-order chi connectivity index (χ1) is 9.38. The lowest BCUT2D eigenvalue weighted by atomic mass is 10.2. The topological polar surface area (TPSA) is 89.3 Å². The molecule has 3 N–H and O–H groups in total. The number of nitrogens with one attached hydrogen (secondary N) is 1. The zero-order valence-corrected chi connectivity index (χ0v) is 11.7. The predicted octanol–water partition coefficient (Wildman–Crippen LogP) is 1.24. The van der Waals surface area contributed by atoms with Crippen molar-refractivity contribution < 1.29 is 17.6 Å². The van der Waals surface area contributed by atoms with Gasteiger partial charge in [0.1, 0.15) is 11.6 Å². The number of carbonyl (C=O) groups is 1. The number of hydrogen-bond donors (Lipinski definition) is 2. The summed E-state index contributed by atoms with van der Waals surface area (Å²) < 4.78 is 37.1. The first kappa shape index (κ1) is 14.8. The Hall–Kier alpha value is -1.63. The predicted molar refractivity (Wildman–Crippen MR) is 73.3 cm³/mol. The van der Waals surface area contributed by atoms with Crippen molar-refractivity contribution in [2.75, 3.05) is 11.5 Å². The summed E-state index contributed by atoms with van der Waals surface area (Å²) >= 11 is 0. The Labute approximate surface area is 117 Å². The van der Waals surface area contributed by atoms with Crippen molar-refractivity contribution in [1.29, 1.82) is 0 Å². The Kier molecular flexibility index (Phi) is 4.27. The molecule has 1 saturated carbocycles. The number of nitrogen functional groups attached to an aromatic ring is 1. The number of hydrogen-bond acceptors (Lipinski definition) is 4. The summed E-state index contributed by atoms with van der Waals surface area (Å²) in [5.41, 5.74) is 5.31. The third-order valence-electron chi connectivity index (χ3n) is 3.35. The van der Waals surface area contributed by atoms with Gasteiger partial charge in [0.05, 0.1) is 10.6 Å². The second kappa shape index (κ2) is 5.78. The van der Waals surface area contributed by atoms with Gasteiger partial charge in [-0.05, 0) is 31.0 Å². The van der Waals surface area contributed by atoms with Gasteiger partial charge in [-0.3, -0.25) is 4.79 Å². The molecule has 2 rings (SSSR count). The van der Waals surface area contributed by atoms with E-state index in [0.717, 1.165) is 43.9 Å². The van der Waals surface area contributed by atoms with Crippen molar-refractivity contribution >= 4 is 21.4 Å². The molecular weight excluding hydrogens is 283 g/mol. The molecule has 0 aromatic heterocycles. The number of rotatable bonds is 4. The van der Waals surface area contributed by atoms with Crippen LogP contribution in [0.3, 0.4) is 0 Å². The molecule has 20 heavy (non-hydrogen) atoms. The van der Waals surface area contributed by atoms with Crippen LogP contribution in [0, 0.1) is 5.82 Å². The zero-order chi connectivity index (χ0) is 14.8. The minimum absolute atomic E-state index is 0.0586. The van der Waals surface area contributed by atoms with E-state index in [9.17, 15) is 17.6 Å². The van der Waals surface area contributed by atoms with Gasteiger partial charge in [0.15, 0.2) is 9.84 Å². The van der Waals surface area contributed by atoms with Crippen LogP contribution >= 0.6 is 0 Å². The van der Waals surface area contributed by atoms with E-state index in [2.05, 4.69) is 5.32 Å². The van der Waals surface area contributed by atoms with E-state index in [1.807, 2.05) is 0 Å². The van der Waals surface area contributed by atoms with Crippen molar-refractivity contribution in [2.45, 2.75) is 36.6 Å². The van der Waals surface area contributed by atoms with Crippen LogP contribution in [-0.4, -0.2) is 26.1 Å². The van der Waals surface area contributed by atoms with Gasteiger partial charge in [-0.15, -0.1) is 0 Å². The van der Waals surface area contributed by atoms with Crippen LogP contribution in [0.15, 0.2) is 23.1 Å². The first-order valence-corrected chi connectivity index (χ1v) is 8.11. The number of sulfone groups is 1. The van der Waals surface area contributed by atoms with E-state index in [1.54, 1.807) is 0 Å². The largest absolute Gasteiger partial charge is 0.398 e. The lowest BCUT2D eigenvalue weighted by Crippen LogP contribution is -2.37. The molecule has 1 amide bonds. The van der Waals surface area contributed by atoms with Crippen molar-refractivity contribution in [3.63, 3.8) is 0 Å². The minimum Gasteiger partial charge on any atom is -0.398 e. The van der Waals surface area contributed by atoms with Gasteiger partial charge in [0, 0.05) is 6.04 Å². The molecule has 0 radical (unpaired) electrons. The van der Waals surface area contributed by atoms with E-state index < -0.39 is 27.3 Å². The molecule has 0 heterocycles. The summed E-state index contributed by atoms with van der Waals surface area (Å²) in [6.45, 7) is 0. The van der Waals surface area contributed by atoms with Gasteiger partial charge in [0.2, 0.25) is 5.91 Å². The lowest BCUT2D eigenvalue weighted by Gasteiger charge is -2.12. The molecule has 5 nitrogen and oxygen atoms in total. The molecule has 110 valence electrons. The second-order valence-electron chi connectivity index (χ2n) is 4.99. The Morgan fingerprint density at radius 1 is 1.35 bits per heavy atom. The second-order valence-corrected chi connectivity index (χ2v) is 6.95. The molecule has 0 spiro atoms. The molecule has 0 bridgehead atoms. The van der Waals surface area contributed by atoms with Crippen LogP contribution in [0.4, 0.5) is 10.1 Å². The number of amides is 1. The molecule has 0 aliphatic heterocycles. The highest BCUT2D eigenvalue weighted by molar-refractivity contribution is 7.92. The maximum atomic E-state index is 12.9. The first-order valence-electron chi connectivity index (χ1n) is 6.45. The van der Waals surface area contributed by atoms with Gasteiger partial charge in [-0.2, -0.15) is 0 Å². The van der Waals surface area contributed by atoms with Crippen molar-refractivity contribution in [1.82, 2.24) is 5.32 Å². The maximum absolute atomic E-state index is 12.9. The molecule has 1 aromatic rings. The molecule has 1 fully saturated rings. The van der Waals surface area contributed by atoms with Crippen molar-refractivity contribution in [2.24, 2.45) is 0 Å². The molecular formula is C13H17FN2O3S. The lowest BCUT2D eigenvalue weighted by molar-refractivity contribution is -0.119. The fourth-order valence-electron chi connectivity index (χ4n) is 2.39. The average Bonchev–Trinajstić information content (AvgIpc) is 2.79. The van der Waals surface area contributed by atoms with Gasteiger partial charge in [-0.1, -0.05) is 12.8 Å². The van der Waals surface area contributed by atoms with Crippen LogP contribution < -0.4 is 11.1 Å². The third kappa shape index (κ3) is 3.47. The molecule has 1 aliphatic rings. The maximum Gasteiger partial charge on any atom is 0.235 e. The molecule has 0 atom stereocenters. The summed E-state index contributed by atoms with van der Waals surface area (Å²) in [5.74, 6) is -1.82. The van der Waals surface area contributed by atoms with E-state index in [4.69, 9.17) is 5.73 Å². The van der Waals surface area contributed by atoms with Crippen LogP contribution in [-0.2, 0) is 14.6 Å². The molecule has 7 heteroatoms. The van der Waals surface area contributed by atoms with E-state index in [-0.39, 0.29) is 16.6 Å². The van der Waals surface area contributed by atoms with Crippen LogP contribution in [0.5, 0.6) is 0 Å². The summed E-state index contributed by atoms with van der Waals surface area (Å²) in [7, 11) is -3.85. The van der Waals surface area contributed by atoms with Gasteiger partial charge >= 0.3 is 0 Å². The molecule has 1 aliphatic carbocycles. The summed E-state index contributed by atoms with van der Waals surface area (Å²) in [5, 5.41) is 2.70. The molecule has 1 aromatic carbocycles. The van der Waals surface area contributed by atoms with Crippen molar-refractivity contribution in [3.05, 3.63) is 24.0 Å². The highest BCUT2D eigenvalue weighted by atomic mass is 32.2. The van der Waals surface area contributed by atoms with Crippen LogP contribution in [0.25, 0.3) is 0 Å². The highest BCUT2D eigenvalue weighted by Crippen LogP contribution is 2.21.